The summed E-state index contributed by atoms with van der Waals surface area (Å²) in [4.78, 5) is 28.8. The van der Waals surface area contributed by atoms with Crippen molar-refractivity contribution >= 4 is 46.5 Å². The van der Waals surface area contributed by atoms with Crippen molar-refractivity contribution in [3.8, 4) is 0 Å². The number of aromatic nitrogens is 1. The van der Waals surface area contributed by atoms with Crippen LogP contribution in [0.1, 0.15) is 28.8 Å². The normalized spacial score (nSPS) is 15.5. The van der Waals surface area contributed by atoms with Gasteiger partial charge in [0.1, 0.15) is 11.4 Å². The number of carbonyl (C=O) groups excluding carboxylic acids is 1. The second-order valence-electron chi connectivity index (χ2n) is 6.90. The number of hydrogen-bond acceptors (Lipinski definition) is 4. The molecule has 150 valence electrons. The molecule has 0 aliphatic carbocycles. The zero-order chi connectivity index (χ0) is 20.3. The van der Waals surface area contributed by atoms with Crippen molar-refractivity contribution in [3.63, 3.8) is 0 Å². The molecule has 9 heteroatoms. The van der Waals surface area contributed by atoms with Crippen LogP contribution in [0.25, 0.3) is 0 Å². The molecule has 1 aromatic heterocycles. The van der Waals surface area contributed by atoms with Crippen LogP contribution in [-0.4, -0.2) is 35.4 Å². The predicted molar refractivity (Wildman–Crippen MR) is 113 cm³/mol. The number of nitrogens with one attached hydrogen (secondary N) is 2. The molecule has 4 N–H and O–H groups in total. The molecule has 1 saturated heterocycles. The van der Waals surface area contributed by atoms with Crippen molar-refractivity contribution in [3.05, 3.63) is 60.8 Å². The van der Waals surface area contributed by atoms with Crippen molar-refractivity contribution in [1.29, 1.82) is 0 Å². The third kappa shape index (κ3) is 5.00. The molecule has 2 aromatic rings. The molecule has 1 aliphatic rings. The number of halogens is 3. The lowest BCUT2D eigenvalue weighted by Gasteiger charge is -2.32. The van der Waals surface area contributed by atoms with Crippen LogP contribution in [0.5, 0.6) is 0 Å². The largest absolute Gasteiger partial charge is 0.384 e. The first-order valence-corrected chi connectivity index (χ1v) is 10.1. The molecule has 0 atom stereocenters. The van der Waals surface area contributed by atoms with Crippen LogP contribution in [0.15, 0.2) is 29.1 Å². The number of pyridine rings is 1. The highest BCUT2D eigenvalue weighted by atomic mass is 35.5. The first kappa shape index (κ1) is 21.0. The van der Waals surface area contributed by atoms with Gasteiger partial charge in [-0.3, -0.25) is 14.5 Å². The Labute approximate surface area is 178 Å². The smallest absolute Gasteiger partial charge is 0.262 e. The van der Waals surface area contributed by atoms with Gasteiger partial charge in [-0.2, -0.15) is 0 Å². The molecule has 6 nitrogen and oxygen atoms in total. The summed E-state index contributed by atoms with van der Waals surface area (Å²) in [6.07, 6.45) is 1.86. The number of H-pyrrole nitrogens is 1. The van der Waals surface area contributed by atoms with Crippen molar-refractivity contribution in [2.75, 3.05) is 25.4 Å². The minimum absolute atomic E-state index is 0.0370. The Morgan fingerprint density at radius 1 is 1.18 bits per heavy atom. The van der Waals surface area contributed by atoms with Gasteiger partial charge in [0.15, 0.2) is 0 Å². The third-order valence-electron chi connectivity index (χ3n) is 4.97. The van der Waals surface area contributed by atoms with E-state index < -0.39 is 11.5 Å². The molecular formula is C19H21Cl3N4O2. The quantitative estimate of drug-likeness (QED) is 0.659. The van der Waals surface area contributed by atoms with E-state index >= 15 is 0 Å². The van der Waals surface area contributed by atoms with Gasteiger partial charge < -0.3 is 16.0 Å². The average molecular weight is 444 g/mol. The number of nitrogens with zero attached hydrogens (tertiary/aromatic N) is 1. The lowest BCUT2D eigenvalue weighted by atomic mass is 9.96. The summed E-state index contributed by atoms with van der Waals surface area (Å²) in [5.74, 6) is -0.0621. The monoisotopic (exact) mass is 442 g/mol. The van der Waals surface area contributed by atoms with Crippen molar-refractivity contribution < 1.29 is 4.79 Å². The maximum atomic E-state index is 12.3. The van der Waals surface area contributed by atoms with Gasteiger partial charge in [-0.1, -0.05) is 40.9 Å². The van der Waals surface area contributed by atoms with E-state index in [1.807, 2.05) is 18.2 Å². The fourth-order valence-electron chi connectivity index (χ4n) is 3.28. The lowest BCUT2D eigenvalue weighted by molar-refractivity contribution is 0.0933. The van der Waals surface area contributed by atoms with Gasteiger partial charge in [0.05, 0.1) is 5.02 Å². The summed E-state index contributed by atoms with van der Waals surface area (Å²) in [6.45, 7) is 2.98. The highest BCUT2D eigenvalue weighted by molar-refractivity contribution is 6.36. The number of benzene rings is 1. The number of nitrogens with two attached hydrogens (primary N) is 1. The average Bonchev–Trinajstić information content (AvgIpc) is 2.67. The molecular weight excluding hydrogens is 423 g/mol. The van der Waals surface area contributed by atoms with Crippen molar-refractivity contribution in [2.45, 2.75) is 19.4 Å². The number of rotatable bonds is 5. The minimum atomic E-state index is -0.550. The molecule has 2 heterocycles. The van der Waals surface area contributed by atoms with Gasteiger partial charge in [-0.05, 0) is 50.0 Å². The van der Waals surface area contributed by atoms with E-state index in [2.05, 4.69) is 15.2 Å². The molecule has 3 rings (SSSR count). The van der Waals surface area contributed by atoms with E-state index in [-0.39, 0.29) is 16.4 Å². The molecule has 1 fully saturated rings. The van der Waals surface area contributed by atoms with Gasteiger partial charge in [-0.15, -0.1) is 0 Å². The topological polar surface area (TPSA) is 91.2 Å². The molecule has 1 aliphatic heterocycles. The Hall–Kier alpha value is -1.73. The SMILES string of the molecule is Nc1[nH]c(=O)c(C(=O)NCC2CCN(Cc3c(Cl)cccc3Cl)CC2)cc1Cl. The number of carbonyl (C=O) groups is 1. The Morgan fingerprint density at radius 2 is 1.82 bits per heavy atom. The van der Waals surface area contributed by atoms with Crippen LogP contribution in [0, 0.1) is 5.92 Å². The van der Waals surface area contributed by atoms with Crippen molar-refractivity contribution in [1.82, 2.24) is 15.2 Å². The van der Waals surface area contributed by atoms with Gasteiger partial charge in [0, 0.05) is 28.7 Å². The first-order chi connectivity index (χ1) is 13.3. The highest BCUT2D eigenvalue weighted by Crippen LogP contribution is 2.27. The van der Waals surface area contributed by atoms with Crippen LogP contribution in [0.2, 0.25) is 15.1 Å². The zero-order valence-corrected chi connectivity index (χ0v) is 17.4. The number of hydrogen-bond donors (Lipinski definition) is 3. The summed E-state index contributed by atoms with van der Waals surface area (Å²) >= 11 is 18.4. The van der Waals surface area contributed by atoms with Crippen molar-refractivity contribution in [2.24, 2.45) is 5.92 Å². The summed E-state index contributed by atoms with van der Waals surface area (Å²) in [6, 6.07) is 6.82. The Morgan fingerprint density at radius 3 is 2.46 bits per heavy atom. The number of nitrogen functional groups attached to an aromatic ring is 1. The number of aromatic amines is 1. The first-order valence-electron chi connectivity index (χ1n) is 8.97. The van der Waals surface area contributed by atoms with Gasteiger partial charge >= 0.3 is 0 Å². The molecule has 0 saturated carbocycles. The fraction of sp³-hybridized carbons (Fsp3) is 0.368. The van der Waals surface area contributed by atoms with E-state index in [0.717, 1.165) is 31.5 Å². The van der Waals surface area contributed by atoms with E-state index in [1.165, 1.54) is 6.07 Å². The van der Waals surface area contributed by atoms with Gasteiger partial charge in [-0.25, -0.2) is 0 Å². The number of likely N-dealkylation sites (tertiary alicyclic amines) is 1. The van der Waals surface area contributed by atoms with Crippen LogP contribution >= 0.6 is 34.8 Å². The lowest BCUT2D eigenvalue weighted by Crippen LogP contribution is -2.39. The van der Waals surface area contributed by atoms with E-state index in [0.29, 0.717) is 29.1 Å². The second kappa shape index (κ2) is 9.18. The van der Waals surface area contributed by atoms with Gasteiger partial charge in [0.25, 0.3) is 11.5 Å². The minimum Gasteiger partial charge on any atom is -0.384 e. The summed E-state index contributed by atoms with van der Waals surface area (Å²) in [5, 5.41) is 4.32. The number of piperidine rings is 1. The van der Waals surface area contributed by atoms with Crippen LogP contribution in [0.4, 0.5) is 5.82 Å². The molecule has 28 heavy (non-hydrogen) atoms. The zero-order valence-electron chi connectivity index (χ0n) is 15.1. The molecule has 0 spiro atoms. The van der Waals surface area contributed by atoms with E-state index in [1.54, 1.807) is 0 Å². The standard InChI is InChI=1S/C19H21Cl3N4O2/c20-14-2-1-3-15(21)13(14)10-26-6-4-11(5-7-26)9-24-18(27)12-8-16(22)17(23)25-19(12)28/h1-3,8,11H,4-7,9-10H2,(H,24,27)(H3,23,25,28). The predicted octanol–water partition coefficient (Wildman–Crippen LogP) is 3.56. The summed E-state index contributed by atoms with van der Waals surface area (Å²) in [7, 11) is 0. The number of amides is 1. The maximum absolute atomic E-state index is 12.3. The molecule has 0 unspecified atom stereocenters. The molecule has 0 radical (unpaired) electrons. The molecule has 1 amide bonds. The van der Waals surface area contributed by atoms with Crippen LogP contribution in [0.3, 0.4) is 0 Å². The van der Waals surface area contributed by atoms with Crippen LogP contribution in [-0.2, 0) is 6.54 Å². The van der Waals surface area contributed by atoms with Gasteiger partial charge in [0.2, 0.25) is 0 Å². The highest BCUT2D eigenvalue weighted by Gasteiger charge is 2.22. The number of anilines is 1. The van der Waals surface area contributed by atoms with E-state index in [4.69, 9.17) is 40.5 Å². The molecule has 0 bridgehead atoms. The summed E-state index contributed by atoms with van der Waals surface area (Å²) in [5.41, 5.74) is 5.88. The maximum Gasteiger partial charge on any atom is 0.262 e. The van der Waals surface area contributed by atoms with E-state index in [9.17, 15) is 9.59 Å². The fourth-order valence-corrected chi connectivity index (χ4v) is 3.95. The Bertz CT molecular complexity index is 904. The second-order valence-corrected chi connectivity index (χ2v) is 8.13. The van der Waals surface area contributed by atoms with Crippen LogP contribution < -0.4 is 16.6 Å². The third-order valence-corrected chi connectivity index (χ3v) is 5.99. The molecule has 1 aromatic carbocycles. The Kier molecular flexibility index (Phi) is 6.88. The summed E-state index contributed by atoms with van der Waals surface area (Å²) < 4.78 is 0. The Balaban J connectivity index is 1.50.